The van der Waals surface area contributed by atoms with Crippen LogP contribution in [0.15, 0.2) is 18.2 Å². The maximum absolute atomic E-state index is 12.1. The predicted molar refractivity (Wildman–Crippen MR) is 81.9 cm³/mol. The Kier molecular flexibility index (Phi) is 5.09. The van der Waals surface area contributed by atoms with Crippen molar-refractivity contribution >= 4 is 21.7 Å². The van der Waals surface area contributed by atoms with Crippen LogP contribution < -0.4 is 20.3 Å². The molecule has 1 saturated heterocycles. The number of rotatable bonds is 4. The lowest BCUT2D eigenvalue weighted by Gasteiger charge is -2.13. The molecule has 0 aliphatic carbocycles. The van der Waals surface area contributed by atoms with Gasteiger partial charge in [-0.15, -0.1) is 0 Å². The monoisotopic (exact) mass is 342 g/mol. The fraction of sp³-hybridized carbons (Fsp3) is 0.429. The summed E-state index contributed by atoms with van der Waals surface area (Å²) in [5.41, 5.74) is 4.73. The molecule has 1 aliphatic rings. The van der Waals surface area contributed by atoms with Crippen molar-refractivity contribution in [1.82, 2.24) is 10.9 Å². The highest BCUT2D eigenvalue weighted by atomic mass is 32.2. The van der Waals surface area contributed by atoms with Gasteiger partial charge in [0.05, 0.1) is 37.2 Å². The molecule has 0 spiro atoms. The molecule has 2 N–H and O–H groups in total. The average molecular weight is 342 g/mol. The van der Waals surface area contributed by atoms with Crippen LogP contribution in [0, 0.1) is 5.92 Å². The number of methoxy groups -OCH3 is 2. The maximum atomic E-state index is 12.1. The van der Waals surface area contributed by atoms with E-state index < -0.39 is 27.6 Å². The molecule has 0 saturated carbocycles. The SMILES string of the molecule is COc1ccc(C(=O)NNC(=O)[C@@H]2CCS(=O)(=O)C2)c(OC)c1. The molecule has 1 heterocycles. The number of ether oxygens (including phenoxy) is 2. The second-order valence-corrected chi connectivity index (χ2v) is 7.34. The van der Waals surface area contributed by atoms with Gasteiger partial charge in [0.25, 0.3) is 5.91 Å². The van der Waals surface area contributed by atoms with Gasteiger partial charge in [0.1, 0.15) is 11.5 Å². The van der Waals surface area contributed by atoms with E-state index >= 15 is 0 Å². The zero-order valence-electron chi connectivity index (χ0n) is 12.8. The molecule has 0 unspecified atom stereocenters. The fourth-order valence-electron chi connectivity index (χ4n) is 2.28. The molecule has 9 heteroatoms. The first kappa shape index (κ1) is 17.1. The Morgan fingerprint density at radius 2 is 1.91 bits per heavy atom. The molecular weight excluding hydrogens is 324 g/mol. The standard InChI is InChI=1S/C14H18N2O6S/c1-21-10-3-4-11(12(7-10)22-2)14(18)16-15-13(17)9-5-6-23(19,20)8-9/h3-4,7,9H,5-6,8H2,1-2H3,(H,15,17)(H,16,18)/t9-/m1/s1. The van der Waals surface area contributed by atoms with Gasteiger partial charge in [-0.25, -0.2) is 8.42 Å². The summed E-state index contributed by atoms with van der Waals surface area (Å²) >= 11 is 0. The Bertz CT molecular complexity index is 716. The lowest BCUT2D eigenvalue weighted by atomic mass is 10.1. The Morgan fingerprint density at radius 3 is 2.48 bits per heavy atom. The van der Waals surface area contributed by atoms with E-state index in [1.807, 2.05) is 0 Å². The molecule has 8 nitrogen and oxygen atoms in total. The van der Waals surface area contributed by atoms with E-state index in [0.29, 0.717) is 11.5 Å². The van der Waals surface area contributed by atoms with Crippen LogP contribution in [-0.4, -0.2) is 46.0 Å². The van der Waals surface area contributed by atoms with E-state index in [4.69, 9.17) is 9.47 Å². The van der Waals surface area contributed by atoms with Crippen LogP contribution in [0.5, 0.6) is 11.5 Å². The van der Waals surface area contributed by atoms with Gasteiger partial charge in [-0.05, 0) is 18.6 Å². The number of hydrogen-bond acceptors (Lipinski definition) is 6. The number of hydrazine groups is 1. The number of nitrogens with one attached hydrogen (secondary N) is 2. The Balaban J connectivity index is 1.98. The minimum atomic E-state index is -3.16. The second kappa shape index (κ2) is 6.86. The highest BCUT2D eigenvalue weighted by Gasteiger charge is 2.33. The van der Waals surface area contributed by atoms with Crippen molar-refractivity contribution in [2.24, 2.45) is 5.92 Å². The zero-order valence-corrected chi connectivity index (χ0v) is 13.6. The van der Waals surface area contributed by atoms with Crippen molar-refractivity contribution in [3.05, 3.63) is 23.8 Å². The number of sulfone groups is 1. The van der Waals surface area contributed by atoms with E-state index in [2.05, 4.69) is 10.9 Å². The van der Waals surface area contributed by atoms with E-state index in [9.17, 15) is 18.0 Å². The highest BCUT2D eigenvalue weighted by Crippen LogP contribution is 2.24. The highest BCUT2D eigenvalue weighted by molar-refractivity contribution is 7.91. The summed E-state index contributed by atoms with van der Waals surface area (Å²) in [5, 5.41) is 0. The quantitative estimate of drug-likeness (QED) is 0.739. The third-order valence-electron chi connectivity index (χ3n) is 3.56. The lowest BCUT2D eigenvalue weighted by Crippen LogP contribution is -2.44. The molecule has 23 heavy (non-hydrogen) atoms. The zero-order chi connectivity index (χ0) is 17.0. The summed E-state index contributed by atoms with van der Waals surface area (Å²) < 4.78 is 32.9. The molecule has 0 radical (unpaired) electrons. The third-order valence-corrected chi connectivity index (χ3v) is 5.32. The van der Waals surface area contributed by atoms with Crippen LogP contribution in [0.2, 0.25) is 0 Å². The molecule has 2 rings (SSSR count). The number of benzene rings is 1. The summed E-state index contributed by atoms with van der Waals surface area (Å²) in [5.74, 6) is -1.12. The van der Waals surface area contributed by atoms with Gasteiger partial charge < -0.3 is 9.47 Å². The van der Waals surface area contributed by atoms with Crippen molar-refractivity contribution in [2.45, 2.75) is 6.42 Å². The predicted octanol–water partition coefficient (Wildman–Crippen LogP) is -0.100. The van der Waals surface area contributed by atoms with Crippen molar-refractivity contribution in [1.29, 1.82) is 0 Å². The first-order valence-electron chi connectivity index (χ1n) is 6.89. The average Bonchev–Trinajstić information content (AvgIpc) is 2.91. The Labute approximate surface area is 134 Å². The molecule has 0 bridgehead atoms. The third kappa shape index (κ3) is 4.13. The van der Waals surface area contributed by atoms with Crippen LogP contribution in [0.25, 0.3) is 0 Å². The number of amides is 2. The molecule has 1 aliphatic heterocycles. The molecule has 0 aromatic heterocycles. The Hall–Kier alpha value is -2.29. The van der Waals surface area contributed by atoms with E-state index in [0.717, 1.165) is 0 Å². The van der Waals surface area contributed by atoms with Crippen molar-refractivity contribution in [3.63, 3.8) is 0 Å². The van der Waals surface area contributed by atoms with Gasteiger partial charge in [-0.2, -0.15) is 0 Å². The smallest absolute Gasteiger partial charge is 0.273 e. The van der Waals surface area contributed by atoms with Crippen molar-refractivity contribution < 1.29 is 27.5 Å². The normalized spacial score (nSPS) is 19.0. The molecule has 1 atom stereocenters. The van der Waals surface area contributed by atoms with Gasteiger partial charge in [0.2, 0.25) is 5.91 Å². The number of hydrogen-bond donors (Lipinski definition) is 2. The first-order valence-corrected chi connectivity index (χ1v) is 8.71. The van der Waals surface area contributed by atoms with Crippen LogP contribution in [0.1, 0.15) is 16.8 Å². The van der Waals surface area contributed by atoms with Crippen LogP contribution in [0.3, 0.4) is 0 Å². The van der Waals surface area contributed by atoms with Crippen LogP contribution in [-0.2, 0) is 14.6 Å². The summed E-state index contributed by atoms with van der Waals surface area (Å²) in [6, 6.07) is 4.63. The topological polar surface area (TPSA) is 111 Å². The Morgan fingerprint density at radius 1 is 1.17 bits per heavy atom. The van der Waals surface area contributed by atoms with Gasteiger partial charge in [0.15, 0.2) is 9.84 Å². The van der Waals surface area contributed by atoms with Crippen molar-refractivity contribution in [2.75, 3.05) is 25.7 Å². The second-order valence-electron chi connectivity index (χ2n) is 5.11. The first-order chi connectivity index (χ1) is 10.9. The van der Waals surface area contributed by atoms with E-state index in [-0.39, 0.29) is 23.5 Å². The molecule has 1 aromatic rings. The summed E-state index contributed by atoms with van der Waals surface area (Å²) in [7, 11) is -0.256. The van der Waals surface area contributed by atoms with Gasteiger partial charge in [-0.1, -0.05) is 0 Å². The molecular formula is C14H18N2O6S. The van der Waals surface area contributed by atoms with E-state index in [1.54, 1.807) is 12.1 Å². The summed E-state index contributed by atoms with van der Waals surface area (Å²) in [6.07, 6.45) is 0.260. The van der Waals surface area contributed by atoms with Crippen molar-refractivity contribution in [3.8, 4) is 11.5 Å². The molecule has 1 fully saturated rings. The van der Waals surface area contributed by atoms with E-state index in [1.165, 1.54) is 20.3 Å². The van der Waals surface area contributed by atoms with Crippen LogP contribution in [0.4, 0.5) is 0 Å². The minimum absolute atomic E-state index is 0.00860. The van der Waals surface area contributed by atoms with Gasteiger partial charge >= 0.3 is 0 Å². The summed E-state index contributed by atoms with van der Waals surface area (Å²) in [4.78, 5) is 24.0. The molecule has 2 amide bonds. The molecule has 126 valence electrons. The lowest BCUT2D eigenvalue weighted by molar-refractivity contribution is -0.125. The molecule has 1 aromatic carbocycles. The fourth-order valence-corrected chi connectivity index (χ4v) is 4.02. The number of carbonyl (C=O) groups is 2. The van der Waals surface area contributed by atoms with Gasteiger partial charge in [-0.3, -0.25) is 20.4 Å². The van der Waals surface area contributed by atoms with Gasteiger partial charge in [0, 0.05) is 6.07 Å². The minimum Gasteiger partial charge on any atom is -0.497 e. The maximum Gasteiger partial charge on any atom is 0.273 e. The largest absolute Gasteiger partial charge is 0.497 e. The summed E-state index contributed by atoms with van der Waals surface area (Å²) in [6.45, 7) is 0. The number of carbonyl (C=O) groups excluding carboxylic acids is 2. The van der Waals surface area contributed by atoms with Crippen LogP contribution >= 0.6 is 0 Å².